The van der Waals surface area contributed by atoms with Crippen molar-refractivity contribution in [1.29, 1.82) is 0 Å². The first-order chi connectivity index (χ1) is 13.1. The van der Waals surface area contributed by atoms with Crippen LogP contribution in [0, 0.1) is 0 Å². The maximum Gasteiger partial charge on any atom is 0.191 e. The van der Waals surface area contributed by atoms with Gasteiger partial charge in [-0.3, -0.25) is 0 Å². The highest BCUT2D eigenvalue weighted by Gasteiger charge is 2.23. The molecule has 1 aromatic heterocycles. The van der Waals surface area contributed by atoms with E-state index in [2.05, 4.69) is 77.4 Å². The molecule has 2 N–H and O–H groups in total. The number of aromatic nitrogens is 3. The zero-order valence-electron chi connectivity index (χ0n) is 17.0. The molecule has 1 aliphatic rings. The molecule has 1 aliphatic heterocycles. The molecule has 27 heavy (non-hydrogen) atoms. The van der Waals surface area contributed by atoms with Crippen LogP contribution in [0.1, 0.15) is 62.8 Å². The standard InChI is InChI=1S/C21H32N6/c1-5-16-9-7-8-10-17(16)13-23-21(22-6-2)24-18-11-12-19-25-20(15(3)4)26-27(19)14-18/h7-10,15,18H,5-6,11-14H2,1-4H3,(H2,22,23,24). The number of fused-ring (bicyclic) bond motifs is 1. The second-order valence-corrected chi connectivity index (χ2v) is 7.42. The average molecular weight is 369 g/mol. The van der Waals surface area contributed by atoms with Crippen LogP contribution in [0.15, 0.2) is 29.3 Å². The van der Waals surface area contributed by atoms with Crippen LogP contribution in [-0.2, 0) is 25.9 Å². The van der Waals surface area contributed by atoms with Crippen molar-refractivity contribution in [2.75, 3.05) is 6.54 Å². The fourth-order valence-corrected chi connectivity index (χ4v) is 3.42. The van der Waals surface area contributed by atoms with Gasteiger partial charge in [0.2, 0.25) is 0 Å². The highest BCUT2D eigenvalue weighted by Crippen LogP contribution is 2.17. The predicted molar refractivity (Wildman–Crippen MR) is 110 cm³/mol. The summed E-state index contributed by atoms with van der Waals surface area (Å²) in [6.07, 6.45) is 3.03. The van der Waals surface area contributed by atoms with Crippen LogP contribution in [-0.4, -0.2) is 33.3 Å². The van der Waals surface area contributed by atoms with Crippen molar-refractivity contribution in [2.24, 2.45) is 4.99 Å². The number of rotatable bonds is 6. The van der Waals surface area contributed by atoms with Crippen LogP contribution < -0.4 is 10.6 Å². The predicted octanol–water partition coefficient (Wildman–Crippen LogP) is 3.03. The molecular formula is C21H32N6. The summed E-state index contributed by atoms with van der Waals surface area (Å²) in [5.74, 6) is 3.30. The minimum Gasteiger partial charge on any atom is -0.357 e. The number of aliphatic imine (C=N–C) groups is 1. The average Bonchev–Trinajstić information content (AvgIpc) is 3.10. The SMILES string of the molecule is CCNC(=NCc1ccccc1CC)NC1CCc2nc(C(C)C)nn2C1. The Morgan fingerprint density at radius 1 is 1.26 bits per heavy atom. The van der Waals surface area contributed by atoms with Gasteiger partial charge in [-0.15, -0.1) is 0 Å². The molecule has 0 fully saturated rings. The largest absolute Gasteiger partial charge is 0.357 e. The first-order valence-corrected chi connectivity index (χ1v) is 10.2. The number of hydrogen-bond donors (Lipinski definition) is 2. The first kappa shape index (κ1) is 19.4. The molecule has 2 aromatic rings. The summed E-state index contributed by atoms with van der Waals surface area (Å²) in [5, 5.41) is 11.6. The summed E-state index contributed by atoms with van der Waals surface area (Å²) in [6, 6.07) is 8.85. The Kier molecular flexibility index (Phi) is 6.48. The second kappa shape index (κ2) is 9.02. The van der Waals surface area contributed by atoms with Gasteiger partial charge in [-0.05, 0) is 30.9 Å². The molecule has 0 aliphatic carbocycles. The van der Waals surface area contributed by atoms with Gasteiger partial charge < -0.3 is 10.6 Å². The Labute approximate surface area is 162 Å². The summed E-state index contributed by atoms with van der Waals surface area (Å²) in [6.45, 7) is 10.9. The van der Waals surface area contributed by atoms with E-state index >= 15 is 0 Å². The Balaban J connectivity index is 1.67. The van der Waals surface area contributed by atoms with Crippen molar-refractivity contribution in [2.45, 2.75) is 72.0 Å². The number of benzene rings is 1. The van der Waals surface area contributed by atoms with Crippen LogP contribution in [0.2, 0.25) is 0 Å². The Bertz CT molecular complexity index is 777. The summed E-state index contributed by atoms with van der Waals surface area (Å²) < 4.78 is 2.06. The lowest BCUT2D eigenvalue weighted by atomic mass is 10.1. The van der Waals surface area contributed by atoms with E-state index in [1.807, 2.05) is 0 Å². The van der Waals surface area contributed by atoms with E-state index in [0.717, 1.165) is 50.0 Å². The molecule has 0 saturated carbocycles. The maximum atomic E-state index is 4.82. The Morgan fingerprint density at radius 2 is 2.04 bits per heavy atom. The van der Waals surface area contributed by atoms with Gasteiger partial charge in [0.05, 0.1) is 13.1 Å². The van der Waals surface area contributed by atoms with E-state index in [9.17, 15) is 0 Å². The minimum atomic E-state index is 0.318. The van der Waals surface area contributed by atoms with Gasteiger partial charge >= 0.3 is 0 Å². The molecule has 0 amide bonds. The molecule has 1 atom stereocenters. The quantitative estimate of drug-likeness (QED) is 0.607. The van der Waals surface area contributed by atoms with E-state index in [0.29, 0.717) is 18.5 Å². The summed E-state index contributed by atoms with van der Waals surface area (Å²) in [5.41, 5.74) is 2.66. The second-order valence-electron chi connectivity index (χ2n) is 7.42. The van der Waals surface area contributed by atoms with E-state index in [-0.39, 0.29) is 0 Å². The lowest BCUT2D eigenvalue weighted by Gasteiger charge is -2.25. The zero-order valence-corrected chi connectivity index (χ0v) is 17.0. The molecule has 3 rings (SSSR count). The van der Waals surface area contributed by atoms with Crippen LogP contribution in [0.25, 0.3) is 0 Å². The van der Waals surface area contributed by atoms with E-state index in [1.54, 1.807) is 0 Å². The third-order valence-electron chi connectivity index (χ3n) is 4.98. The van der Waals surface area contributed by atoms with Crippen LogP contribution >= 0.6 is 0 Å². The maximum absolute atomic E-state index is 4.82. The van der Waals surface area contributed by atoms with E-state index < -0.39 is 0 Å². The number of guanidine groups is 1. The molecule has 0 bridgehead atoms. The fourth-order valence-electron chi connectivity index (χ4n) is 3.42. The monoisotopic (exact) mass is 368 g/mol. The van der Waals surface area contributed by atoms with Gasteiger partial charge in [-0.25, -0.2) is 14.7 Å². The molecule has 1 unspecified atom stereocenters. The van der Waals surface area contributed by atoms with Crippen molar-refractivity contribution >= 4 is 5.96 Å². The van der Waals surface area contributed by atoms with Gasteiger partial charge in [-0.2, -0.15) is 5.10 Å². The Morgan fingerprint density at radius 3 is 2.74 bits per heavy atom. The van der Waals surface area contributed by atoms with Crippen LogP contribution in [0.5, 0.6) is 0 Å². The van der Waals surface area contributed by atoms with Gasteiger partial charge in [-0.1, -0.05) is 45.0 Å². The lowest BCUT2D eigenvalue weighted by molar-refractivity contribution is 0.391. The van der Waals surface area contributed by atoms with Gasteiger partial charge in [0, 0.05) is 24.9 Å². The van der Waals surface area contributed by atoms with Crippen molar-refractivity contribution in [3.05, 3.63) is 47.0 Å². The topological polar surface area (TPSA) is 67.1 Å². The van der Waals surface area contributed by atoms with E-state index in [1.165, 1.54) is 11.1 Å². The Hall–Kier alpha value is -2.37. The molecule has 0 spiro atoms. The molecule has 6 heteroatoms. The summed E-state index contributed by atoms with van der Waals surface area (Å²) in [7, 11) is 0. The third-order valence-corrected chi connectivity index (χ3v) is 4.98. The number of hydrogen-bond acceptors (Lipinski definition) is 3. The zero-order chi connectivity index (χ0) is 19.2. The molecule has 0 saturated heterocycles. The van der Waals surface area contributed by atoms with Crippen molar-refractivity contribution < 1.29 is 0 Å². The van der Waals surface area contributed by atoms with Gasteiger partial charge in [0.1, 0.15) is 5.82 Å². The third kappa shape index (κ3) is 4.87. The molecule has 146 valence electrons. The lowest BCUT2D eigenvalue weighted by Crippen LogP contribution is -2.47. The first-order valence-electron chi connectivity index (χ1n) is 10.2. The molecule has 6 nitrogen and oxygen atoms in total. The van der Waals surface area contributed by atoms with Crippen molar-refractivity contribution in [3.63, 3.8) is 0 Å². The number of nitrogens with zero attached hydrogens (tertiary/aromatic N) is 4. The normalized spacial score (nSPS) is 17.1. The van der Waals surface area contributed by atoms with Crippen LogP contribution in [0.4, 0.5) is 0 Å². The minimum absolute atomic E-state index is 0.318. The molecule has 1 aromatic carbocycles. The molecule has 0 radical (unpaired) electrons. The van der Waals surface area contributed by atoms with Crippen molar-refractivity contribution in [1.82, 2.24) is 25.4 Å². The molecular weight excluding hydrogens is 336 g/mol. The van der Waals surface area contributed by atoms with Gasteiger partial charge in [0.25, 0.3) is 0 Å². The van der Waals surface area contributed by atoms with E-state index in [4.69, 9.17) is 4.99 Å². The number of nitrogens with one attached hydrogen (secondary N) is 2. The smallest absolute Gasteiger partial charge is 0.191 e. The van der Waals surface area contributed by atoms with Crippen molar-refractivity contribution in [3.8, 4) is 0 Å². The summed E-state index contributed by atoms with van der Waals surface area (Å²) in [4.78, 5) is 9.50. The highest BCUT2D eigenvalue weighted by atomic mass is 15.4. The highest BCUT2D eigenvalue weighted by molar-refractivity contribution is 5.80. The van der Waals surface area contributed by atoms with Gasteiger partial charge in [0.15, 0.2) is 11.8 Å². The van der Waals surface area contributed by atoms with Crippen LogP contribution in [0.3, 0.4) is 0 Å². The molecule has 2 heterocycles. The number of aryl methyl sites for hydroxylation is 2. The summed E-state index contributed by atoms with van der Waals surface area (Å²) >= 11 is 0. The fraction of sp³-hybridized carbons (Fsp3) is 0.571.